The van der Waals surface area contributed by atoms with E-state index in [4.69, 9.17) is 11.6 Å². The predicted molar refractivity (Wildman–Crippen MR) is 89.2 cm³/mol. The van der Waals surface area contributed by atoms with Gasteiger partial charge in [-0.1, -0.05) is 36.7 Å². The quantitative estimate of drug-likeness (QED) is 0.937. The van der Waals surface area contributed by atoms with Gasteiger partial charge in [-0.3, -0.25) is 0 Å². The molecule has 2 heterocycles. The van der Waals surface area contributed by atoms with Crippen LogP contribution in [0.25, 0.3) is 0 Å². The van der Waals surface area contributed by atoms with Crippen LogP contribution in [0.1, 0.15) is 25.3 Å². The number of nitrogens with one attached hydrogen (secondary N) is 1. The minimum absolute atomic E-state index is 0.538. The fourth-order valence-electron chi connectivity index (χ4n) is 2.74. The molecule has 0 bridgehead atoms. The summed E-state index contributed by atoms with van der Waals surface area (Å²) in [4.78, 5) is 6.85. The van der Waals surface area contributed by atoms with Gasteiger partial charge in [0, 0.05) is 24.7 Å². The van der Waals surface area contributed by atoms with Crippen LogP contribution >= 0.6 is 11.6 Å². The number of rotatable bonds is 4. The van der Waals surface area contributed by atoms with E-state index >= 15 is 0 Å². The van der Waals surface area contributed by atoms with E-state index < -0.39 is 0 Å². The molecule has 22 heavy (non-hydrogen) atoms. The van der Waals surface area contributed by atoms with Gasteiger partial charge in [0.1, 0.15) is 0 Å². The van der Waals surface area contributed by atoms with E-state index in [-0.39, 0.29) is 0 Å². The molecule has 116 valence electrons. The summed E-state index contributed by atoms with van der Waals surface area (Å²) in [6.07, 6.45) is 4.22. The third-order valence-electron chi connectivity index (χ3n) is 3.92. The number of anilines is 2. The second-order valence-corrected chi connectivity index (χ2v) is 6.18. The molecule has 1 N–H and O–H groups in total. The molecular weight excluding hydrogens is 298 g/mol. The predicted octanol–water partition coefficient (Wildman–Crippen LogP) is 3.37. The Morgan fingerprint density at radius 3 is 3.05 bits per heavy atom. The number of piperidine rings is 1. The third-order valence-corrected chi connectivity index (χ3v) is 4.29. The summed E-state index contributed by atoms with van der Waals surface area (Å²) in [5, 5.41) is 12.1. The van der Waals surface area contributed by atoms with E-state index in [1.165, 1.54) is 12.8 Å². The number of halogens is 1. The molecule has 6 heteroatoms. The highest BCUT2D eigenvalue weighted by Gasteiger charge is 2.18. The first-order valence-corrected chi connectivity index (χ1v) is 8.02. The molecule has 1 unspecified atom stereocenters. The van der Waals surface area contributed by atoms with Crippen molar-refractivity contribution in [1.82, 2.24) is 15.2 Å². The number of hydrogen-bond donors (Lipinski definition) is 1. The maximum atomic E-state index is 6.15. The van der Waals surface area contributed by atoms with Gasteiger partial charge in [-0.15, -0.1) is 5.10 Å². The van der Waals surface area contributed by atoms with E-state index in [0.717, 1.165) is 29.5 Å². The minimum Gasteiger partial charge on any atom is -0.355 e. The monoisotopic (exact) mass is 317 g/mol. The van der Waals surface area contributed by atoms with Gasteiger partial charge in [0.25, 0.3) is 0 Å². The molecule has 5 nitrogen and oxygen atoms in total. The van der Waals surface area contributed by atoms with E-state index in [9.17, 15) is 0 Å². The Labute approximate surface area is 135 Å². The fourth-order valence-corrected chi connectivity index (χ4v) is 2.94. The zero-order chi connectivity index (χ0) is 15.4. The fraction of sp³-hybridized carbons (Fsp3) is 0.438. The maximum Gasteiger partial charge on any atom is 0.244 e. The Morgan fingerprint density at radius 1 is 1.36 bits per heavy atom. The Balaban J connectivity index is 1.67. The first kappa shape index (κ1) is 15.0. The molecule has 1 fully saturated rings. The molecule has 0 radical (unpaired) electrons. The molecule has 0 amide bonds. The highest BCUT2D eigenvalue weighted by molar-refractivity contribution is 6.31. The highest BCUT2D eigenvalue weighted by atomic mass is 35.5. The smallest absolute Gasteiger partial charge is 0.244 e. The second kappa shape index (κ2) is 6.92. The molecule has 1 aliphatic heterocycles. The standard InChI is InChI=1S/C16H20ClN5/c1-12-5-4-8-22(11-12)15-10-19-21-16(20-15)18-9-13-6-2-3-7-14(13)17/h2-3,6-7,10,12H,4-5,8-9,11H2,1H3,(H,18,20,21). The molecule has 0 saturated carbocycles. The van der Waals surface area contributed by atoms with Crippen LogP contribution in [0, 0.1) is 5.92 Å². The Hall–Kier alpha value is -1.88. The molecule has 1 aliphatic rings. The summed E-state index contributed by atoms with van der Waals surface area (Å²) in [7, 11) is 0. The van der Waals surface area contributed by atoms with Crippen molar-refractivity contribution in [3.63, 3.8) is 0 Å². The average Bonchev–Trinajstić information content (AvgIpc) is 2.54. The lowest BCUT2D eigenvalue weighted by atomic mass is 10.0. The average molecular weight is 318 g/mol. The number of hydrogen-bond acceptors (Lipinski definition) is 5. The van der Waals surface area contributed by atoms with Gasteiger partial charge in [-0.05, 0) is 30.4 Å². The molecule has 1 saturated heterocycles. The molecule has 1 aromatic carbocycles. The van der Waals surface area contributed by atoms with Crippen LogP contribution in [0.5, 0.6) is 0 Å². The van der Waals surface area contributed by atoms with E-state index in [0.29, 0.717) is 18.4 Å². The lowest BCUT2D eigenvalue weighted by Gasteiger charge is -2.31. The summed E-state index contributed by atoms with van der Waals surface area (Å²) in [6, 6.07) is 7.75. The lowest BCUT2D eigenvalue weighted by molar-refractivity contribution is 0.444. The van der Waals surface area contributed by atoms with Gasteiger partial charge in [0.15, 0.2) is 5.82 Å². The summed E-state index contributed by atoms with van der Waals surface area (Å²) < 4.78 is 0. The van der Waals surface area contributed by atoms with Crippen LogP contribution in [-0.4, -0.2) is 28.3 Å². The van der Waals surface area contributed by atoms with Crippen LogP contribution in [0.4, 0.5) is 11.8 Å². The van der Waals surface area contributed by atoms with Gasteiger partial charge >= 0.3 is 0 Å². The van der Waals surface area contributed by atoms with Crippen molar-refractivity contribution in [2.24, 2.45) is 5.92 Å². The van der Waals surface area contributed by atoms with Gasteiger partial charge in [0.2, 0.25) is 5.95 Å². The van der Waals surface area contributed by atoms with Crippen molar-refractivity contribution in [3.05, 3.63) is 41.0 Å². The van der Waals surface area contributed by atoms with Gasteiger partial charge < -0.3 is 10.2 Å². The maximum absolute atomic E-state index is 6.15. The number of aromatic nitrogens is 3. The minimum atomic E-state index is 0.538. The molecule has 0 spiro atoms. The van der Waals surface area contributed by atoms with Gasteiger partial charge in [-0.2, -0.15) is 10.1 Å². The van der Waals surface area contributed by atoms with Crippen LogP contribution in [-0.2, 0) is 6.54 Å². The number of nitrogens with zero attached hydrogens (tertiary/aromatic N) is 4. The zero-order valence-corrected chi connectivity index (χ0v) is 13.4. The highest BCUT2D eigenvalue weighted by Crippen LogP contribution is 2.21. The first-order chi connectivity index (χ1) is 10.7. The summed E-state index contributed by atoms with van der Waals surface area (Å²) in [6.45, 7) is 4.92. The van der Waals surface area contributed by atoms with Crippen LogP contribution < -0.4 is 10.2 Å². The normalized spacial score (nSPS) is 18.3. The van der Waals surface area contributed by atoms with E-state index in [1.807, 2.05) is 24.3 Å². The van der Waals surface area contributed by atoms with Crippen molar-refractivity contribution >= 4 is 23.4 Å². The number of benzene rings is 1. The Kier molecular flexibility index (Phi) is 4.73. The zero-order valence-electron chi connectivity index (χ0n) is 12.7. The Morgan fingerprint density at radius 2 is 2.23 bits per heavy atom. The van der Waals surface area contributed by atoms with Crippen LogP contribution in [0.3, 0.4) is 0 Å². The van der Waals surface area contributed by atoms with E-state index in [1.54, 1.807) is 6.20 Å². The molecule has 1 atom stereocenters. The Bertz CT molecular complexity index is 633. The molecule has 0 aliphatic carbocycles. The summed E-state index contributed by atoms with van der Waals surface area (Å²) >= 11 is 6.15. The summed E-state index contributed by atoms with van der Waals surface area (Å²) in [5.74, 6) is 2.13. The lowest BCUT2D eigenvalue weighted by Crippen LogP contribution is -2.35. The SMILES string of the molecule is CC1CCCN(c2cnnc(NCc3ccccc3Cl)n2)C1. The van der Waals surface area contributed by atoms with Crippen molar-refractivity contribution in [3.8, 4) is 0 Å². The molecular formula is C16H20ClN5. The van der Waals surface area contributed by atoms with E-state index in [2.05, 4.69) is 32.3 Å². The molecule has 3 rings (SSSR count). The van der Waals surface area contributed by atoms with Crippen molar-refractivity contribution in [2.75, 3.05) is 23.3 Å². The van der Waals surface area contributed by atoms with Gasteiger partial charge in [-0.25, -0.2) is 0 Å². The van der Waals surface area contributed by atoms with Gasteiger partial charge in [0.05, 0.1) is 6.20 Å². The van der Waals surface area contributed by atoms with Crippen molar-refractivity contribution < 1.29 is 0 Å². The third kappa shape index (κ3) is 3.65. The molecule has 1 aromatic heterocycles. The van der Waals surface area contributed by atoms with Crippen LogP contribution in [0.15, 0.2) is 30.5 Å². The van der Waals surface area contributed by atoms with Crippen molar-refractivity contribution in [1.29, 1.82) is 0 Å². The summed E-state index contributed by atoms with van der Waals surface area (Å²) in [5.41, 5.74) is 1.02. The first-order valence-electron chi connectivity index (χ1n) is 7.64. The van der Waals surface area contributed by atoms with Crippen LogP contribution in [0.2, 0.25) is 5.02 Å². The topological polar surface area (TPSA) is 53.9 Å². The largest absolute Gasteiger partial charge is 0.355 e. The molecule has 2 aromatic rings. The van der Waals surface area contributed by atoms with Crippen molar-refractivity contribution in [2.45, 2.75) is 26.3 Å². The second-order valence-electron chi connectivity index (χ2n) is 5.78.